The molecular weight excluding hydrogens is 352 g/mol. The number of rotatable bonds is 5. The Hall–Kier alpha value is -1.99. The smallest absolute Gasteiger partial charge is 0.312 e. The predicted octanol–water partition coefficient (Wildman–Crippen LogP) is 2.62. The van der Waals surface area contributed by atoms with Gasteiger partial charge in [0.1, 0.15) is 0 Å². The SMILES string of the molecule is CCN(C(=O)COC(=O)[C@@H]1C[C@@H]2O[C@H]1[C@H]1C[C@H]12)c1nc2ccccc2s1. The first-order chi connectivity index (χ1) is 12.7. The molecule has 2 bridgehead atoms. The minimum Gasteiger partial charge on any atom is -0.455 e. The zero-order chi connectivity index (χ0) is 17.8. The Bertz CT molecular complexity index is 848. The molecule has 1 saturated carbocycles. The number of para-hydroxylation sites is 1. The Labute approximate surface area is 155 Å². The van der Waals surface area contributed by atoms with E-state index in [-0.39, 0.29) is 36.6 Å². The van der Waals surface area contributed by atoms with Crippen molar-refractivity contribution in [3.05, 3.63) is 24.3 Å². The number of amides is 1. The van der Waals surface area contributed by atoms with Crippen molar-refractivity contribution in [3.8, 4) is 0 Å². The Morgan fingerprint density at radius 2 is 2.15 bits per heavy atom. The number of hydrogen-bond donors (Lipinski definition) is 0. The highest BCUT2D eigenvalue weighted by Gasteiger charge is 2.64. The number of carbonyl (C=O) groups is 2. The van der Waals surface area contributed by atoms with E-state index in [0.29, 0.717) is 23.5 Å². The van der Waals surface area contributed by atoms with E-state index in [1.807, 2.05) is 31.2 Å². The van der Waals surface area contributed by atoms with Crippen LogP contribution in [0.2, 0.25) is 0 Å². The van der Waals surface area contributed by atoms with Crippen LogP contribution in [-0.2, 0) is 19.1 Å². The molecule has 1 aromatic carbocycles. The van der Waals surface area contributed by atoms with E-state index in [1.165, 1.54) is 17.8 Å². The zero-order valence-electron chi connectivity index (χ0n) is 14.5. The predicted molar refractivity (Wildman–Crippen MR) is 97.0 cm³/mol. The lowest BCUT2D eigenvalue weighted by atomic mass is 9.89. The summed E-state index contributed by atoms with van der Waals surface area (Å²) in [5.41, 5.74) is 0.869. The first-order valence-corrected chi connectivity index (χ1v) is 9.95. The standard InChI is InChI=1S/C19H20N2O4S/c1-2-21(19-20-13-5-3-4-6-15(13)26-19)16(22)9-24-18(23)12-8-14-10-7-11(10)17(12)25-14/h3-6,10-12,14,17H,2,7-9H2,1H3/t10-,11+,12-,14+,17+/m1/s1. The van der Waals surface area contributed by atoms with Crippen LogP contribution in [0.4, 0.5) is 5.13 Å². The van der Waals surface area contributed by atoms with E-state index in [4.69, 9.17) is 9.47 Å². The number of nitrogens with zero attached hydrogens (tertiary/aromatic N) is 2. The summed E-state index contributed by atoms with van der Waals surface area (Å²) in [6.07, 6.45) is 2.17. The molecule has 7 heteroatoms. The molecule has 0 spiro atoms. The molecule has 3 heterocycles. The van der Waals surface area contributed by atoms with Crippen LogP contribution >= 0.6 is 11.3 Å². The second kappa shape index (κ2) is 6.03. The van der Waals surface area contributed by atoms with Gasteiger partial charge in [0.2, 0.25) is 0 Å². The average Bonchev–Trinajstić information content (AvgIpc) is 3.02. The Morgan fingerprint density at radius 3 is 2.88 bits per heavy atom. The molecule has 5 atom stereocenters. The van der Waals surface area contributed by atoms with Gasteiger partial charge in [-0.2, -0.15) is 0 Å². The summed E-state index contributed by atoms with van der Waals surface area (Å²) >= 11 is 1.47. The molecule has 2 aromatic rings. The van der Waals surface area contributed by atoms with E-state index in [2.05, 4.69) is 4.98 Å². The summed E-state index contributed by atoms with van der Waals surface area (Å²) in [6.45, 7) is 2.13. The van der Waals surface area contributed by atoms with Crippen LogP contribution in [0.1, 0.15) is 19.8 Å². The third-order valence-electron chi connectivity index (χ3n) is 5.78. The lowest BCUT2D eigenvalue weighted by Crippen LogP contribution is -2.36. The van der Waals surface area contributed by atoms with Gasteiger partial charge in [0.25, 0.3) is 5.91 Å². The van der Waals surface area contributed by atoms with Crippen LogP contribution in [-0.4, -0.2) is 42.2 Å². The van der Waals surface area contributed by atoms with Gasteiger partial charge in [-0.15, -0.1) is 0 Å². The van der Waals surface area contributed by atoms with Crippen molar-refractivity contribution in [2.75, 3.05) is 18.1 Å². The number of hydrogen-bond acceptors (Lipinski definition) is 6. The van der Waals surface area contributed by atoms with Crippen LogP contribution in [0, 0.1) is 17.8 Å². The fourth-order valence-corrected chi connectivity index (χ4v) is 5.44. The Morgan fingerprint density at radius 1 is 1.31 bits per heavy atom. The molecule has 3 aliphatic rings. The Kier molecular flexibility index (Phi) is 3.76. The summed E-state index contributed by atoms with van der Waals surface area (Å²) in [7, 11) is 0. The number of likely N-dealkylation sites (N-methyl/N-ethyl adjacent to an activating group) is 1. The van der Waals surface area contributed by atoms with Crippen LogP contribution < -0.4 is 4.90 Å². The van der Waals surface area contributed by atoms with Gasteiger partial charge in [-0.25, -0.2) is 4.98 Å². The quantitative estimate of drug-likeness (QED) is 0.755. The highest BCUT2D eigenvalue weighted by molar-refractivity contribution is 7.22. The second-order valence-electron chi connectivity index (χ2n) is 7.25. The molecule has 1 aliphatic carbocycles. The van der Waals surface area contributed by atoms with Gasteiger partial charge >= 0.3 is 5.97 Å². The summed E-state index contributed by atoms with van der Waals surface area (Å²) in [5, 5.41) is 0.638. The third-order valence-corrected chi connectivity index (χ3v) is 6.84. The number of thiazole rings is 1. The highest BCUT2D eigenvalue weighted by atomic mass is 32.1. The van der Waals surface area contributed by atoms with Crippen molar-refractivity contribution < 1.29 is 19.1 Å². The number of esters is 1. The molecule has 0 N–H and O–H groups in total. The van der Waals surface area contributed by atoms with Crippen LogP contribution in [0.25, 0.3) is 10.2 Å². The average molecular weight is 372 g/mol. The van der Waals surface area contributed by atoms with Gasteiger partial charge in [-0.3, -0.25) is 14.5 Å². The largest absolute Gasteiger partial charge is 0.455 e. The lowest BCUT2D eigenvalue weighted by Gasteiger charge is -2.20. The molecular formula is C19H20N2O4S. The van der Waals surface area contributed by atoms with Crippen molar-refractivity contribution in [2.45, 2.75) is 32.0 Å². The van der Waals surface area contributed by atoms with Crippen molar-refractivity contribution in [2.24, 2.45) is 17.8 Å². The second-order valence-corrected chi connectivity index (χ2v) is 8.26. The highest BCUT2D eigenvalue weighted by Crippen LogP contribution is 2.60. The summed E-state index contributed by atoms with van der Waals surface area (Å²) < 4.78 is 12.2. The van der Waals surface area contributed by atoms with Gasteiger partial charge in [-0.1, -0.05) is 23.5 Å². The normalized spacial score (nSPS) is 31.0. The van der Waals surface area contributed by atoms with E-state index >= 15 is 0 Å². The fourth-order valence-electron chi connectivity index (χ4n) is 4.39. The van der Waals surface area contributed by atoms with Crippen LogP contribution in [0.15, 0.2) is 24.3 Å². The van der Waals surface area contributed by atoms with E-state index < -0.39 is 0 Å². The monoisotopic (exact) mass is 372 g/mol. The van der Waals surface area contributed by atoms with E-state index in [9.17, 15) is 9.59 Å². The number of benzene rings is 1. The number of aromatic nitrogens is 1. The molecule has 0 radical (unpaired) electrons. The molecule has 6 nitrogen and oxygen atoms in total. The topological polar surface area (TPSA) is 68.7 Å². The first-order valence-electron chi connectivity index (χ1n) is 9.13. The van der Waals surface area contributed by atoms with Gasteiger partial charge < -0.3 is 9.47 Å². The maximum atomic E-state index is 12.6. The molecule has 136 valence electrons. The van der Waals surface area contributed by atoms with Gasteiger partial charge in [0, 0.05) is 6.54 Å². The molecule has 5 rings (SSSR count). The minimum absolute atomic E-state index is 0.0131. The zero-order valence-corrected chi connectivity index (χ0v) is 15.3. The maximum Gasteiger partial charge on any atom is 0.312 e. The summed E-state index contributed by atoms with van der Waals surface area (Å²) in [6, 6.07) is 7.78. The summed E-state index contributed by atoms with van der Waals surface area (Å²) in [5.74, 6) is 0.469. The molecule has 3 fully saturated rings. The third kappa shape index (κ3) is 2.53. The lowest BCUT2D eigenvalue weighted by molar-refractivity contribution is -0.153. The van der Waals surface area contributed by atoms with Crippen LogP contribution in [0.5, 0.6) is 0 Å². The van der Waals surface area contributed by atoms with Crippen LogP contribution in [0.3, 0.4) is 0 Å². The molecule has 1 aromatic heterocycles. The van der Waals surface area contributed by atoms with E-state index in [1.54, 1.807) is 4.90 Å². The molecule has 2 aliphatic heterocycles. The molecule has 26 heavy (non-hydrogen) atoms. The number of carbonyl (C=O) groups excluding carboxylic acids is 2. The van der Waals surface area contributed by atoms with Crippen molar-refractivity contribution in [1.29, 1.82) is 0 Å². The van der Waals surface area contributed by atoms with Crippen molar-refractivity contribution in [3.63, 3.8) is 0 Å². The molecule has 1 amide bonds. The van der Waals surface area contributed by atoms with Gasteiger partial charge in [0.05, 0.1) is 28.3 Å². The van der Waals surface area contributed by atoms with Crippen molar-refractivity contribution >= 4 is 38.6 Å². The van der Waals surface area contributed by atoms with Gasteiger partial charge in [0.15, 0.2) is 11.7 Å². The Balaban J connectivity index is 1.23. The number of ether oxygens (including phenoxy) is 2. The van der Waals surface area contributed by atoms with E-state index in [0.717, 1.165) is 16.6 Å². The minimum atomic E-state index is -0.295. The summed E-state index contributed by atoms with van der Waals surface area (Å²) in [4.78, 5) is 31.1. The number of fused-ring (bicyclic) bond motifs is 6. The fraction of sp³-hybridized carbons (Fsp3) is 0.526. The maximum absolute atomic E-state index is 12.6. The van der Waals surface area contributed by atoms with Crippen molar-refractivity contribution in [1.82, 2.24) is 4.98 Å². The number of anilines is 1. The molecule has 2 saturated heterocycles. The molecule has 0 unspecified atom stereocenters. The first kappa shape index (κ1) is 16.2. The van der Waals surface area contributed by atoms with Gasteiger partial charge in [-0.05, 0) is 43.7 Å².